The summed E-state index contributed by atoms with van der Waals surface area (Å²) in [6.07, 6.45) is 1.88. The molecule has 3 N–H and O–H groups in total. The van der Waals surface area contributed by atoms with Crippen LogP contribution in [0.1, 0.15) is 23.6 Å². The maximum Gasteiger partial charge on any atom is 0.177 e. The number of amidine groups is 1. The summed E-state index contributed by atoms with van der Waals surface area (Å²) < 4.78 is 2.60. The zero-order chi connectivity index (χ0) is 15.0. The average molecular weight is 302 g/mol. The summed E-state index contributed by atoms with van der Waals surface area (Å²) >= 11 is 5.59. The van der Waals surface area contributed by atoms with Gasteiger partial charge in [0.1, 0.15) is 4.64 Å². The molecule has 21 heavy (non-hydrogen) atoms. The number of nitrogens with zero attached hydrogens (tertiary/aromatic N) is 3. The summed E-state index contributed by atoms with van der Waals surface area (Å²) in [5, 5.41) is 9.35. The minimum atomic E-state index is 0.709. The molecule has 7 heteroatoms. The first-order valence-corrected chi connectivity index (χ1v) is 7.27. The van der Waals surface area contributed by atoms with Gasteiger partial charge in [-0.05, 0) is 44.0 Å². The van der Waals surface area contributed by atoms with Gasteiger partial charge in [-0.2, -0.15) is 0 Å². The summed E-state index contributed by atoms with van der Waals surface area (Å²) in [7, 11) is 0. The minimum Gasteiger partial charge on any atom is -0.299 e. The summed E-state index contributed by atoms with van der Waals surface area (Å²) in [5.74, 6) is 0.793. The molecule has 0 spiro atoms. The van der Waals surface area contributed by atoms with Gasteiger partial charge < -0.3 is 0 Å². The molecule has 0 bridgehead atoms. The van der Waals surface area contributed by atoms with Crippen LogP contribution in [0.15, 0.2) is 29.5 Å². The van der Waals surface area contributed by atoms with Crippen molar-refractivity contribution in [1.82, 2.24) is 25.9 Å². The van der Waals surface area contributed by atoms with Gasteiger partial charge in [-0.3, -0.25) is 10.1 Å². The Bertz CT molecular complexity index is 757. The Balaban J connectivity index is 2.03. The number of nitrogens with one attached hydrogen (secondary N) is 3. The van der Waals surface area contributed by atoms with Gasteiger partial charge in [0, 0.05) is 12.7 Å². The van der Waals surface area contributed by atoms with Crippen molar-refractivity contribution in [2.75, 3.05) is 6.54 Å². The third-order valence-corrected chi connectivity index (χ3v) is 4.08. The van der Waals surface area contributed by atoms with Crippen LogP contribution in [0.3, 0.4) is 0 Å². The average Bonchev–Trinajstić information content (AvgIpc) is 3.08. The number of aromatic nitrogens is 2. The Morgan fingerprint density at radius 2 is 2.05 bits per heavy atom. The maximum atomic E-state index is 5.59. The van der Waals surface area contributed by atoms with E-state index in [0.717, 1.165) is 23.6 Å². The lowest BCUT2D eigenvalue weighted by atomic mass is 10.1. The van der Waals surface area contributed by atoms with E-state index in [2.05, 4.69) is 53.3 Å². The zero-order valence-electron chi connectivity index (χ0n) is 12.3. The van der Waals surface area contributed by atoms with Crippen LogP contribution in [0.2, 0.25) is 0 Å². The van der Waals surface area contributed by atoms with Crippen LogP contribution in [-0.2, 0) is 0 Å². The molecule has 2 aromatic rings. The van der Waals surface area contributed by atoms with Crippen molar-refractivity contribution >= 4 is 18.1 Å². The smallest absolute Gasteiger partial charge is 0.177 e. The molecule has 2 heterocycles. The molecule has 0 aliphatic carbocycles. The molecule has 0 radical (unpaired) electrons. The Morgan fingerprint density at radius 1 is 1.24 bits per heavy atom. The molecule has 0 saturated carbocycles. The second-order valence-electron chi connectivity index (χ2n) is 5.00. The number of benzene rings is 1. The highest BCUT2D eigenvalue weighted by atomic mass is 32.1. The SMILES string of the molecule is CCN1NNN=C1c1c[nH]n(-c2ccc(C)c(C)c2)c1=S. The first-order valence-electron chi connectivity index (χ1n) is 6.86. The fourth-order valence-electron chi connectivity index (χ4n) is 2.27. The molecule has 0 fully saturated rings. The molecule has 1 aliphatic rings. The molecule has 1 aromatic heterocycles. The molecule has 110 valence electrons. The number of hydrazone groups is 1. The van der Waals surface area contributed by atoms with Crippen molar-refractivity contribution in [2.45, 2.75) is 20.8 Å². The van der Waals surface area contributed by atoms with Crippen LogP contribution in [0, 0.1) is 18.5 Å². The number of aryl methyl sites for hydroxylation is 2. The molecule has 0 unspecified atom stereocenters. The number of hydrogen-bond acceptors (Lipinski definition) is 5. The Hall–Kier alpha value is -2.12. The first kappa shape index (κ1) is 13.8. The molecule has 3 rings (SSSR count). The van der Waals surface area contributed by atoms with Gasteiger partial charge >= 0.3 is 0 Å². The molecular formula is C14H18N6S. The van der Waals surface area contributed by atoms with E-state index in [1.807, 2.05) is 22.8 Å². The molecule has 0 saturated heterocycles. The van der Waals surface area contributed by atoms with E-state index < -0.39 is 0 Å². The van der Waals surface area contributed by atoms with Crippen molar-refractivity contribution < 1.29 is 0 Å². The van der Waals surface area contributed by atoms with E-state index in [4.69, 9.17) is 12.2 Å². The van der Waals surface area contributed by atoms with Crippen molar-refractivity contribution in [1.29, 1.82) is 0 Å². The lowest BCUT2D eigenvalue weighted by Crippen LogP contribution is -2.40. The Labute approximate surface area is 128 Å². The van der Waals surface area contributed by atoms with Gasteiger partial charge in [0.15, 0.2) is 5.84 Å². The quantitative estimate of drug-likeness (QED) is 0.761. The summed E-state index contributed by atoms with van der Waals surface area (Å²) in [4.78, 5) is 0. The highest BCUT2D eigenvalue weighted by Crippen LogP contribution is 2.17. The number of rotatable bonds is 3. The van der Waals surface area contributed by atoms with E-state index in [-0.39, 0.29) is 0 Å². The van der Waals surface area contributed by atoms with Crippen LogP contribution in [0.4, 0.5) is 0 Å². The highest BCUT2D eigenvalue weighted by molar-refractivity contribution is 7.71. The van der Waals surface area contributed by atoms with Gasteiger partial charge in [-0.15, -0.1) is 10.6 Å². The van der Waals surface area contributed by atoms with Gasteiger partial charge in [0.2, 0.25) is 0 Å². The summed E-state index contributed by atoms with van der Waals surface area (Å²) in [6, 6.07) is 6.28. The van der Waals surface area contributed by atoms with Gasteiger partial charge in [-0.1, -0.05) is 18.3 Å². The van der Waals surface area contributed by atoms with Crippen LogP contribution < -0.4 is 11.1 Å². The van der Waals surface area contributed by atoms with E-state index in [9.17, 15) is 0 Å². The van der Waals surface area contributed by atoms with Crippen LogP contribution in [-0.4, -0.2) is 27.2 Å². The Kier molecular flexibility index (Phi) is 3.52. The summed E-state index contributed by atoms with van der Waals surface area (Å²) in [5.41, 5.74) is 10.1. The third-order valence-electron chi connectivity index (χ3n) is 3.68. The molecule has 0 atom stereocenters. The van der Waals surface area contributed by atoms with Crippen molar-refractivity contribution in [3.63, 3.8) is 0 Å². The second-order valence-corrected chi connectivity index (χ2v) is 5.39. The van der Waals surface area contributed by atoms with E-state index >= 15 is 0 Å². The normalized spacial score (nSPS) is 14.2. The zero-order valence-corrected chi connectivity index (χ0v) is 13.1. The second kappa shape index (κ2) is 5.34. The minimum absolute atomic E-state index is 0.709. The van der Waals surface area contributed by atoms with Crippen molar-refractivity contribution in [3.8, 4) is 5.69 Å². The lowest BCUT2D eigenvalue weighted by Gasteiger charge is -2.14. The molecule has 6 nitrogen and oxygen atoms in total. The molecule has 1 aromatic carbocycles. The molecular weight excluding hydrogens is 284 g/mol. The van der Waals surface area contributed by atoms with Gasteiger partial charge in [0.05, 0.1) is 11.3 Å². The van der Waals surface area contributed by atoms with Crippen LogP contribution >= 0.6 is 12.2 Å². The fourth-order valence-corrected chi connectivity index (χ4v) is 2.58. The molecule has 1 aliphatic heterocycles. The largest absolute Gasteiger partial charge is 0.299 e. The van der Waals surface area contributed by atoms with E-state index in [0.29, 0.717) is 4.64 Å². The fraction of sp³-hybridized carbons (Fsp3) is 0.286. The van der Waals surface area contributed by atoms with E-state index in [1.165, 1.54) is 11.1 Å². The number of H-pyrrole nitrogens is 1. The van der Waals surface area contributed by atoms with E-state index in [1.54, 1.807) is 0 Å². The predicted octanol–water partition coefficient (Wildman–Crippen LogP) is 2.16. The van der Waals surface area contributed by atoms with Crippen LogP contribution in [0.5, 0.6) is 0 Å². The standard InChI is InChI=1S/C14H18N6S/c1-4-19-13(16-17-18-19)12-8-15-20(14(12)21)11-6-5-9(2)10(3)7-11/h5-8,15,17-18H,4H2,1-3H3. The monoisotopic (exact) mass is 302 g/mol. The maximum absolute atomic E-state index is 5.59. The van der Waals surface area contributed by atoms with Crippen LogP contribution in [0.25, 0.3) is 5.69 Å². The topological polar surface area (TPSA) is 60.4 Å². The third kappa shape index (κ3) is 2.34. The first-order chi connectivity index (χ1) is 10.1. The lowest BCUT2D eigenvalue weighted by molar-refractivity contribution is 0.308. The van der Waals surface area contributed by atoms with Crippen molar-refractivity contribution in [2.24, 2.45) is 5.10 Å². The number of hydrogen-bond donors (Lipinski definition) is 3. The predicted molar refractivity (Wildman–Crippen MR) is 85.6 cm³/mol. The highest BCUT2D eigenvalue weighted by Gasteiger charge is 2.20. The van der Waals surface area contributed by atoms with Gasteiger partial charge in [0.25, 0.3) is 0 Å². The van der Waals surface area contributed by atoms with Crippen molar-refractivity contribution in [3.05, 3.63) is 45.7 Å². The van der Waals surface area contributed by atoms with Gasteiger partial charge in [-0.25, -0.2) is 10.2 Å². The number of aromatic amines is 1. The Morgan fingerprint density at radius 3 is 2.76 bits per heavy atom. The summed E-state index contributed by atoms with van der Waals surface area (Å²) in [6.45, 7) is 7.03. The molecule has 0 amide bonds. The number of hydrazine groups is 2.